The van der Waals surface area contributed by atoms with Crippen LogP contribution in [0.2, 0.25) is 25.7 Å². The Morgan fingerprint density at radius 2 is 1.90 bits per heavy atom. The molecule has 0 nitrogen and oxygen atoms in total. The Bertz CT molecular complexity index is 117. The van der Waals surface area contributed by atoms with Crippen LogP contribution in [0.15, 0.2) is 0 Å². The van der Waals surface area contributed by atoms with Crippen molar-refractivity contribution in [2.75, 3.05) is 5.75 Å². The summed E-state index contributed by atoms with van der Waals surface area (Å²) in [6.07, 6.45) is 0. The van der Waals surface area contributed by atoms with Gasteiger partial charge in [0.05, 0.1) is 0 Å². The van der Waals surface area contributed by atoms with Gasteiger partial charge >= 0.3 is 77.5 Å². The van der Waals surface area contributed by atoms with E-state index in [0.29, 0.717) is 0 Å². The minimum absolute atomic E-state index is 0.847. The molecule has 0 fully saturated rings. The van der Waals surface area contributed by atoms with Crippen molar-refractivity contribution in [1.29, 1.82) is 0 Å². The number of thioether (sulfide) groups is 1. The van der Waals surface area contributed by atoms with Crippen molar-refractivity contribution >= 4 is 39.2 Å². The summed E-state index contributed by atoms with van der Waals surface area (Å²) in [7, 11) is -0.847. The van der Waals surface area contributed by atoms with Gasteiger partial charge in [-0.2, -0.15) is 0 Å². The molecule has 0 rings (SSSR count). The number of rotatable bonds is 4. The summed E-state index contributed by atoms with van der Waals surface area (Å²) in [5, 5.41) is 0. The third-order valence-corrected chi connectivity index (χ3v) is 5.02. The fourth-order valence-electron chi connectivity index (χ4n) is 0.645. The first-order valence-electron chi connectivity index (χ1n) is 3.61. The van der Waals surface area contributed by atoms with Crippen molar-refractivity contribution in [3.05, 3.63) is 0 Å². The Hall–Kier alpha value is 0.956. The molecule has 60 valence electrons. The maximum absolute atomic E-state index is 3.15. The van der Waals surface area contributed by atoms with Crippen LogP contribution in [0.3, 0.4) is 0 Å². The van der Waals surface area contributed by atoms with E-state index in [0.717, 1.165) is 0 Å². The molecule has 0 saturated heterocycles. The van der Waals surface area contributed by atoms with Gasteiger partial charge in [0.1, 0.15) is 0 Å². The second-order valence-electron chi connectivity index (χ2n) is 3.54. The van der Waals surface area contributed by atoms with Crippen molar-refractivity contribution in [1.82, 2.24) is 0 Å². The summed E-state index contributed by atoms with van der Waals surface area (Å²) in [4.78, 5) is 0. The van der Waals surface area contributed by atoms with E-state index in [4.69, 9.17) is 0 Å². The van der Waals surface area contributed by atoms with Crippen molar-refractivity contribution in [2.24, 2.45) is 0 Å². The Morgan fingerprint density at radius 3 is 2.20 bits per heavy atom. The van der Waals surface area contributed by atoms with Crippen LogP contribution in [0.4, 0.5) is 0 Å². The molecule has 0 aromatic heterocycles. The zero-order valence-corrected chi connectivity index (χ0v) is 10.8. The third kappa shape index (κ3) is 7.07. The van der Waals surface area contributed by atoms with Gasteiger partial charge in [0.25, 0.3) is 0 Å². The molecule has 0 bridgehead atoms. The van der Waals surface area contributed by atoms with Gasteiger partial charge in [0, 0.05) is 0 Å². The van der Waals surface area contributed by atoms with Gasteiger partial charge in [-0.3, -0.25) is 0 Å². The molecular weight excluding hydrogens is 223 g/mol. The average Bonchev–Trinajstić information content (AvgIpc) is 1.59. The van der Waals surface area contributed by atoms with Gasteiger partial charge in [-0.25, -0.2) is 0 Å². The van der Waals surface area contributed by atoms with Gasteiger partial charge in [0.15, 0.2) is 0 Å². The van der Waals surface area contributed by atoms with Crippen LogP contribution >= 0.6 is 11.8 Å². The van der Waals surface area contributed by atoms with Crippen molar-refractivity contribution in [3.63, 3.8) is 0 Å². The summed E-state index contributed by atoms with van der Waals surface area (Å²) in [6.45, 7) is 9.41. The van der Waals surface area contributed by atoms with E-state index in [1.807, 2.05) is 11.8 Å². The molecule has 0 aliphatic rings. The summed E-state index contributed by atoms with van der Waals surface area (Å²) >= 11 is 5.10. The van der Waals surface area contributed by atoms with Gasteiger partial charge < -0.3 is 0 Å². The molecule has 3 heteroatoms. The summed E-state index contributed by atoms with van der Waals surface area (Å²) < 4.78 is 1.50. The zero-order chi connectivity index (χ0) is 8.20. The van der Waals surface area contributed by atoms with Crippen LogP contribution in [0.1, 0.15) is 6.92 Å². The van der Waals surface area contributed by atoms with Crippen LogP contribution in [0.25, 0.3) is 0 Å². The maximum atomic E-state index is 3.15. The SMILES string of the molecule is CCSC(=[Se])C[Si](C)(C)C. The second kappa shape index (κ2) is 4.76. The van der Waals surface area contributed by atoms with E-state index >= 15 is 0 Å². The molecule has 0 amide bonds. The standard InChI is InChI=1S/C7H16SSeSi/c1-5-8-7(9)6-10(2,3)4/h5-6H2,1-4H3. The predicted octanol–water partition coefficient (Wildman–Crippen LogP) is 2.38. The summed E-state index contributed by atoms with van der Waals surface area (Å²) in [6, 6.07) is 1.32. The average molecular weight is 239 g/mol. The monoisotopic (exact) mass is 240 g/mol. The molecule has 0 radical (unpaired) electrons. The van der Waals surface area contributed by atoms with E-state index < -0.39 is 8.07 Å². The molecule has 0 aliphatic carbocycles. The molecule has 0 unspecified atom stereocenters. The zero-order valence-electron chi connectivity index (χ0n) is 7.23. The second-order valence-corrected chi connectivity index (χ2v) is 12.0. The number of hydrogen-bond acceptors (Lipinski definition) is 1. The molecule has 0 saturated carbocycles. The molecule has 0 heterocycles. The van der Waals surface area contributed by atoms with E-state index in [9.17, 15) is 0 Å². The molecule has 10 heavy (non-hydrogen) atoms. The van der Waals surface area contributed by atoms with E-state index in [2.05, 4.69) is 42.1 Å². The first kappa shape index (κ1) is 11.0. The Kier molecular flexibility index (Phi) is 5.21. The van der Waals surface area contributed by atoms with E-state index in [-0.39, 0.29) is 0 Å². The van der Waals surface area contributed by atoms with Crippen LogP contribution in [-0.2, 0) is 0 Å². The molecule has 0 atom stereocenters. The predicted molar refractivity (Wildman–Crippen MR) is 57.0 cm³/mol. The molecule has 0 aromatic rings. The van der Waals surface area contributed by atoms with Crippen LogP contribution in [0, 0.1) is 0 Å². The molecular formula is C7H16SSeSi. The molecule has 0 aliphatic heterocycles. The molecule has 0 N–H and O–H groups in total. The molecule has 0 aromatic carbocycles. The van der Waals surface area contributed by atoms with E-state index in [1.165, 1.54) is 15.5 Å². The first-order valence-corrected chi connectivity index (χ1v) is 9.16. The topological polar surface area (TPSA) is 0 Å². The van der Waals surface area contributed by atoms with Crippen molar-refractivity contribution < 1.29 is 0 Å². The Morgan fingerprint density at radius 1 is 1.40 bits per heavy atom. The van der Waals surface area contributed by atoms with E-state index in [1.54, 1.807) is 0 Å². The van der Waals surface area contributed by atoms with Crippen LogP contribution < -0.4 is 0 Å². The Balaban J connectivity index is 3.58. The fraction of sp³-hybridized carbons (Fsp3) is 0.857. The van der Waals surface area contributed by atoms with Gasteiger partial charge in [-0.05, 0) is 0 Å². The third-order valence-electron chi connectivity index (χ3n) is 0.980. The van der Waals surface area contributed by atoms with Gasteiger partial charge in [-0.1, -0.05) is 0 Å². The van der Waals surface area contributed by atoms with Gasteiger partial charge in [-0.15, -0.1) is 0 Å². The first-order chi connectivity index (χ1) is 4.45. The normalized spacial score (nSPS) is 11.6. The number of hydrogen-bond donors (Lipinski definition) is 0. The molecule has 0 spiro atoms. The fourth-order valence-corrected chi connectivity index (χ4v) is 7.01. The van der Waals surface area contributed by atoms with Gasteiger partial charge in [0.2, 0.25) is 0 Å². The summed E-state index contributed by atoms with van der Waals surface area (Å²) in [5.41, 5.74) is 0. The van der Waals surface area contributed by atoms with Crippen molar-refractivity contribution in [2.45, 2.75) is 32.6 Å². The summed E-state index contributed by atoms with van der Waals surface area (Å²) in [5.74, 6) is 1.20. The Labute approximate surface area is 77.5 Å². The van der Waals surface area contributed by atoms with Crippen LogP contribution in [0.5, 0.6) is 0 Å². The minimum atomic E-state index is -0.847. The quantitative estimate of drug-likeness (QED) is 0.679. The van der Waals surface area contributed by atoms with Crippen LogP contribution in [-0.4, -0.2) is 33.2 Å². The van der Waals surface area contributed by atoms with Crippen molar-refractivity contribution in [3.8, 4) is 0 Å².